The van der Waals surface area contributed by atoms with E-state index in [9.17, 15) is 19.2 Å². The SMILES string of the molecule is CC(=O)C1(C(C)=O)N2O[Si]3(O2)ON(O3)C1(C(C)=O)C(C)=O. The van der Waals surface area contributed by atoms with E-state index in [4.69, 9.17) is 18.1 Å². The van der Waals surface area contributed by atoms with Crippen LogP contribution in [0.4, 0.5) is 0 Å². The molecule has 0 aliphatic carbocycles. The number of hydrogen-bond acceptors (Lipinski definition) is 10. The third-order valence-electron chi connectivity index (χ3n) is 3.89. The van der Waals surface area contributed by atoms with Gasteiger partial charge in [0.1, 0.15) is 0 Å². The molecule has 5 saturated heterocycles. The molecule has 11 heteroatoms. The molecule has 0 aromatic carbocycles. The Morgan fingerprint density at radius 2 is 0.905 bits per heavy atom. The van der Waals surface area contributed by atoms with Crippen molar-refractivity contribution in [3.8, 4) is 0 Å². The number of Topliss-reactive ketones (excluding diaryl/α,β-unsaturated/α-hetero) is 4. The Morgan fingerprint density at radius 3 is 1.10 bits per heavy atom. The highest BCUT2D eigenvalue weighted by Crippen LogP contribution is 2.54. The van der Waals surface area contributed by atoms with Crippen LogP contribution in [0.1, 0.15) is 27.7 Å². The summed E-state index contributed by atoms with van der Waals surface area (Å²) < 4.78 is 20.7. The van der Waals surface area contributed by atoms with Crippen molar-refractivity contribution in [2.45, 2.75) is 38.8 Å². The van der Waals surface area contributed by atoms with Gasteiger partial charge in [-0.05, 0) is 27.7 Å². The maximum Gasteiger partial charge on any atom is 0.756 e. The molecule has 5 aliphatic rings. The van der Waals surface area contributed by atoms with Crippen molar-refractivity contribution in [1.82, 2.24) is 10.5 Å². The molecule has 5 fully saturated rings. The molecule has 0 unspecified atom stereocenters. The van der Waals surface area contributed by atoms with Gasteiger partial charge in [0.25, 0.3) is 0 Å². The van der Waals surface area contributed by atoms with Crippen molar-refractivity contribution in [3.63, 3.8) is 0 Å². The molecule has 5 heterocycles. The average molecular weight is 316 g/mol. The third kappa shape index (κ3) is 1.28. The monoisotopic (exact) mass is 316 g/mol. The molecule has 5 aliphatic heterocycles. The van der Waals surface area contributed by atoms with Crippen LogP contribution in [0.15, 0.2) is 0 Å². The summed E-state index contributed by atoms with van der Waals surface area (Å²) in [6.45, 7) is 4.24. The average Bonchev–Trinajstić information content (AvgIpc) is 2.53. The highest BCUT2D eigenvalue weighted by Gasteiger charge is 2.89. The van der Waals surface area contributed by atoms with E-state index in [1.54, 1.807) is 0 Å². The highest BCUT2D eigenvalue weighted by atomic mass is 28.4. The first kappa shape index (κ1) is 14.6. The minimum Gasteiger partial charge on any atom is -0.297 e. The summed E-state index contributed by atoms with van der Waals surface area (Å²) in [5.74, 6) is -3.21. The molecule has 114 valence electrons. The van der Waals surface area contributed by atoms with E-state index in [1.807, 2.05) is 0 Å². The van der Waals surface area contributed by atoms with Gasteiger partial charge in [0, 0.05) is 0 Å². The van der Waals surface area contributed by atoms with Gasteiger partial charge in [0.05, 0.1) is 0 Å². The van der Waals surface area contributed by atoms with E-state index >= 15 is 0 Å². The fourth-order valence-electron chi connectivity index (χ4n) is 3.05. The Morgan fingerprint density at radius 1 is 0.667 bits per heavy atom. The van der Waals surface area contributed by atoms with E-state index < -0.39 is 43.3 Å². The van der Waals surface area contributed by atoms with Crippen molar-refractivity contribution in [3.05, 3.63) is 0 Å². The number of carbonyl (C=O) groups excluding carboxylic acids is 4. The Balaban J connectivity index is 2.35. The second-order valence-corrected chi connectivity index (χ2v) is 6.76. The summed E-state index contributed by atoms with van der Waals surface area (Å²) in [5, 5.41) is 1.14. The minimum absolute atomic E-state index is 0.569. The van der Waals surface area contributed by atoms with Gasteiger partial charge in [-0.15, -0.1) is 0 Å². The van der Waals surface area contributed by atoms with Gasteiger partial charge in [-0.25, -0.2) is 18.1 Å². The second kappa shape index (κ2) is 3.89. The van der Waals surface area contributed by atoms with E-state index in [-0.39, 0.29) is 0 Å². The molecule has 21 heavy (non-hydrogen) atoms. The van der Waals surface area contributed by atoms with Crippen LogP contribution in [0, 0.1) is 0 Å². The lowest BCUT2D eigenvalue weighted by atomic mass is 9.67. The van der Waals surface area contributed by atoms with Crippen molar-refractivity contribution >= 4 is 32.2 Å². The van der Waals surface area contributed by atoms with Gasteiger partial charge in [-0.2, -0.15) is 0 Å². The Labute approximate surface area is 119 Å². The zero-order chi connectivity index (χ0) is 15.8. The number of nitrogens with zero attached hydrogens (tertiary/aromatic N) is 2. The third-order valence-corrected chi connectivity index (χ3v) is 5.45. The number of ketones is 4. The van der Waals surface area contributed by atoms with Gasteiger partial charge in [0.2, 0.25) is 11.1 Å². The topological polar surface area (TPSA) is 112 Å². The van der Waals surface area contributed by atoms with Crippen LogP contribution in [0.3, 0.4) is 0 Å². The van der Waals surface area contributed by atoms with Crippen molar-refractivity contribution in [1.29, 1.82) is 0 Å². The van der Waals surface area contributed by atoms with Crippen LogP contribution in [-0.4, -0.2) is 53.7 Å². The predicted molar refractivity (Wildman–Crippen MR) is 62.0 cm³/mol. The molecule has 0 atom stereocenters. The molecule has 0 aromatic rings. The molecule has 10 nitrogen and oxygen atoms in total. The number of hydrogen-bond donors (Lipinski definition) is 0. The summed E-state index contributed by atoms with van der Waals surface area (Å²) in [6.07, 6.45) is 0. The first-order valence-electron chi connectivity index (χ1n) is 6.06. The van der Waals surface area contributed by atoms with Crippen molar-refractivity contribution < 1.29 is 37.3 Å². The molecule has 0 saturated carbocycles. The summed E-state index contributed by atoms with van der Waals surface area (Å²) in [5.41, 5.74) is -4.65. The molecule has 3 bridgehead atoms. The molecule has 0 aromatic heterocycles. The fraction of sp³-hybridized carbons (Fsp3) is 0.600. The highest BCUT2D eigenvalue weighted by molar-refractivity contribution is 6.56. The van der Waals surface area contributed by atoms with E-state index in [1.165, 1.54) is 0 Å². The molecule has 0 N–H and O–H groups in total. The molecule has 5 rings (SSSR count). The molecule has 1 spiro atoms. The first-order chi connectivity index (χ1) is 9.65. The lowest BCUT2D eigenvalue weighted by Crippen LogP contribution is -2.79. The van der Waals surface area contributed by atoms with E-state index in [2.05, 4.69) is 0 Å². The van der Waals surface area contributed by atoms with E-state index in [0.717, 1.165) is 27.7 Å². The minimum atomic E-state index is -3.47. The van der Waals surface area contributed by atoms with Gasteiger partial charge < -0.3 is 0 Å². The Hall–Kier alpha value is -1.34. The van der Waals surface area contributed by atoms with Crippen LogP contribution >= 0.6 is 0 Å². The lowest BCUT2D eigenvalue weighted by Gasteiger charge is -2.46. The Kier molecular flexibility index (Phi) is 2.70. The standard InChI is InChI=1S/C10H12N2O8Si/c1-5(13)9(6(2)14)10(7(3)15,8(4)16)12-19-21(20-12)17-11(9)18-21/h1-4H3. The number of carbonyl (C=O) groups is 4. The van der Waals surface area contributed by atoms with Crippen LogP contribution in [0.2, 0.25) is 0 Å². The number of rotatable bonds is 4. The predicted octanol–water partition coefficient (Wildman–Crippen LogP) is -1.37. The van der Waals surface area contributed by atoms with Crippen LogP contribution in [0.25, 0.3) is 0 Å². The second-order valence-electron chi connectivity index (χ2n) is 5.02. The van der Waals surface area contributed by atoms with Crippen molar-refractivity contribution in [2.75, 3.05) is 0 Å². The zero-order valence-electron chi connectivity index (χ0n) is 11.7. The molecular formula is C10H12N2O8Si. The smallest absolute Gasteiger partial charge is 0.297 e. The van der Waals surface area contributed by atoms with Crippen LogP contribution in [-0.2, 0) is 37.3 Å². The summed E-state index contributed by atoms with van der Waals surface area (Å²) in [6, 6.07) is 0. The Bertz CT molecular complexity index is 508. The molecular weight excluding hydrogens is 304 g/mol. The fourth-order valence-corrected chi connectivity index (χ4v) is 4.57. The van der Waals surface area contributed by atoms with Gasteiger partial charge in [0.15, 0.2) is 23.1 Å². The van der Waals surface area contributed by atoms with Crippen molar-refractivity contribution in [2.24, 2.45) is 0 Å². The quantitative estimate of drug-likeness (QED) is 0.454. The zero-order valence-corrected chi connectivity index (χ0v) is 12.7. The lowest BCUT2D eigenvalue weighted by molar-refractivity contribution is -0.510. The van der Waals surface area contributed by atoms with E-state index in [0.29, 0.717) is 10.5 Å². The molecule has 0 radical (unpaired) electrons. The molecule has 0 amide bonds. The van der Waals surface area contributed by atoms with Gasteiger partial charge >= 0.3 is 9.05 Å². The summed E-state index contributed by atoms with van der Waals surface area (Å²) in [7, 11) is -3.47. The van der Waals surface area contributed by atoms with Crippen LogP contribution < -0.4 is 0 Å². The first-order valence-corrected chi connectivity index (χ1v) is 7.69. The summed E-state index contributed by atoms with van der Waals surface area (Å²) in [4.78, 5) is 49.1. The van der Waals surface area contributed by atoms with Crippen LogP contribution in [0.5, 0.6) is 0 Å². The van der Waals surface area contributed by atoms with Gasteiger partial charge in [-0.1, -0.05) is 10.5 Å². The normalized spacial score (nSPS) is 37.5. The maximum absolute atomic E-state index is 12.3. The summed E-state index contributed by atoms with van der Waals surface area (Å²) >= 11 is 0. The maximum atomic E-state index is 12.3. The largest absolute Gasteiger partial charge is 0.756 e. The van der Waals surface area contributed by atoms with Gasteiger partial charge in [-0.3, -0.25) is 19.2 Å². The number of hydroxylamine groups is 4.